The van der Waals surface area contributed by atoms with Crippen molar-refractivity contribution in [3.8, 4) is 0 Å². The van der Waals surface area contributed by atoms with Gasteiger partial charge < -0.3 is 21.1 Å². The van der Waals surface area contributed by atoms with Crippen molar-refractivity contribution in [2.45, 2.75) is 20.8 Å². The van der Waals surface area contributed by atoms with Crippen LogP contribution >= 0.6 is 11.3 Å². The Labute approximate surface area is 116 Å². The van der Waals surface area contributed by atoms with Crippen LogP contribution in [-0.2, 0) is 4.74 Å². The molecule has 1 rings (SSSR count). The van der Waals surface area contributed by atoms with Gasteiger partial charge in [-0.2, -0.15) is 0 Å². The third-order valence-corrected chi connectivity index (χ3v) is 3.47. The molecule has 0 unspecified atom stereocenters. The van der Waals surface area contributed by atoms with Crippen LogP contribution in [0.4, 0.5) is 10.7 Å². The standard InChI is InChI=1S/C12H19N3O3S/c1-4-14-10(16)9-8(13)7(12(17)18-6-3)11(19-9)15-5-2/h15H,4-6,13H2,1-3H3,(H,14,16). The monoisotopic (exact) mass is 285 g/mol. The van der Waals surface area contributed by atoms with Crippen LogP contribution in [0, 0.1) is 0 Å². The van der Waals surface area contributed by atoms with E-state index >= 15 is 0 Å². The van der Waals surface area contributed by atoms with E-state index in [1.165, 1.54) is 0 Å². The molecule has 0 saturated heterocycles. The number of hydrogen-bond acceptors (Lipinski definition) is 6. The van der Waals surface area contributed by atoms with Gasteiger partial charge in [-0.1, -0.05) is 0 Å². The first-order valence-corrected chi connectivity index (χ1v) is 6.99. The van der Waals surface area contributed by atoms with Gasteiger partial charge in [0.1, 0.15) is 15.4 Å². The Kier molecular flexibility index (Phi) is 5.62. The highest BCUT2D eigenvalue weighted by Crippen LogP contribution is 2.36. The zero-order valence-corrected chi connectivity index (χ0v) is 12.1. The molecule has 0 aromatic carbocycles. The lowest BCUT2D eigenvalue weighted by molar-refractivity contribution is 0.0529. The fourth-order valence-corrected chi connectivity index (χ4v) is 2.64. The van der Waals surface area contributed by atoms with Gasteiger partial charge in [0.15, 0.2) is 0 Å². The molecule has 1 amide bonds. The van der Waals surface area contributed by atoms with Gasteiger partial charge in [0, 0.05) is 13.1 Å². The van der Waals surface area contributed by atoms with Crippen LogP contribution in [0.5, 0.6) is 0 Å². The van der Waals surface area contributed by atoms with E-state index in [4.69, 9.17) is 10.5 Å². The molecule has 106 valence electrons. The van der Waals surface area contributed by atoms with Crippen LogP contribution in [0.25, 0.3) is 0 Å². The van der Waals surface area contributed by atoms with Crippen molar-refractivity contribution in [1.82, 2.24) is 5.32 Å². The molecule has 1 aromatic heterocycles. The van der Waals surface area contributed by atoms with Crippen LogP contribution in [0.2, 0.25) is 0 Å². The largest absolute Gasteiger partial charge is 0.462 e. The molecule has 6 nitrogen and oxygen atoms in total. The predicted molar refractivity (Wildman–Crippen MR) is 76.9 cm³/mol. The first kappa shape index (κ1) is 15.3. The third kappa shape index (κ3) is 3.37. The van der Waals surface area contributed by atoms with Gasteiger partial charge in [0.05, 0.1) is 12.3 Å². The summed E-state index contributed by atoms with van der Waals surface area (Å²) in [5.74, 6) is -0.789. The Bertz CT molecular complexity index is 471. The zero-order chi connectivity index (χ0) is 14.4. The number of ether oxygens (including phenoxy) is 1. The number of hydrogen-bond donors (Lipinski definition) is 3. The van der Waals surface area contributed by atoms with E-state index in [-0.39, 0.29) is 23.8 Å². The maximum atomic E-state index is 11.9. The minimum absolute atomic E-state index is 0.172. The minimum Gasteiger partial charge on any atom is -0.462 e. The van der Waals surface area contributed by atoms with Crippen molar-refractivity contribution in [1.29, 1.82) is 0 Å². The molecule has 0 spiro atoms. The normalized spacial score (nSPS) is 10.1. The number of nitrogens with one attached hydrogen (secondary N) is 2. The van der Waals surface area contributed by atoms with Crippen LogP contribution in [0.15, 0.2) is 0 Å². The zero-order valence-electron chi connectivity index (χ0n) is 11.3. The van der Waals surface area contributed by atoms with Crippen molar-refractivity contribution in [2.24, 2.45) is 0 Å². The minimum atomic E-state index is -0.511. The van der Waals surface area contributed by atoms with E-state index in [1.807, 2.05) is 13.8 Å². The number of carbonyl (C=O) groups is 2. The third-order valence-electron chi connectivity index (χ3n) is 2.31. The average molecular weight is 285 g/mol. The van der Waals surface area contributed by atoms with Gasteiger partial charge in [-0.05, 0) is 20.8 Å². The molecule has 19 heavy (non-hydrogen) atoms. The van der Waals surface area contributed by atoms with E-state index in [0.29, 0.717) is 23.0 Å². The number of anilines is 2. The molecule has 0 aliphatic rings. The van der Waals surface area contributed by atoms with Crippen molar-refractivity contribution < 1.29 is 14.3 Å². The van der Waals surface area contributed by atoms with Gasteiger partial charge in [-0.15, -0.1) is 11.3 Å². The van der Waals surface area contributed by atoms with Gasteiger partial charge >= 0.3 is 5.97 Å². The molecule has 0 fully saturated rings. The van der Waals surface area contributed by atoms with Gasteiger partial charge in [0.25, 0.3) is 5.91 Å². The van der Waals surface area contributed by atoms with Crippen LogP contribution in [0.3, 0.4) is 0 Å². The van der Waals surface area contributed by atoms with Crippen molar-refractivity contribution in [3.05, 3.63) is 10.4 Å². The molecule has 7 heteroatoms. The van der Waals surface area contributed by atoms with Gasteiger partial charge in [0.2, 0.25) is 0 Å². The fraction of sp³-hybridized carbons (Fsp3) is 0.500. The lowest BCUT2D eigenvalue weighted by Gasteiger charge is -2.05. The number of thiophene rings is 1. The summed E-state index contributed by atoms with van der Waals surface area (Å²) in [5, 5.41) is 6.27. The Hall–Kier alpha value is -1.76. The Morgan fingerprint density at radius 3 is 2.47 bits per heavy atom. The number of nitrogens with two attached hydrogens (primary N) is 1. The van der Waals surface area contributed by atoms with E-state index in [9.17, 15) is 9.59 Å². The summed E-state index contributed by atoms with van der Waals surface area (Å²) in [6, 6.07) is 0. The lowest BCUT2D eigenvalue weighted by Crippen LogP contribution is -2.22. The first-order chi connectivity index (χ1) is 9.06. The maximum Gasteiger partial charge on any atom is 0.343 e. The van der Waals surface area contributed by atoms with Crippen LogP contribution < -0.4 is 16.4 Å². The highest BCUT2D eigenvalue weighted by atomic mass is 32.1. The number of rotatable bonds is 6. The molecular weight excluding hydrogens is 266 g/mol. The summed E-state index contributed by atoms with van der Waals surface area (Å²) in [6.45, 7) is 6.83. The second-order valence-corrected chi connectivity index (χ2v) is 4.68. The second kappa shape index (κ2) is 6.98. The average Bonchev–Trinajstić information content (AvgIpc) is 2.67. The SMILES string of the molecule is CCNC(=O)c1sc(NCC)c(C(=O)OCC)c1N. The van der Waals surface area contributed by atoms with Crippen LogP contribution in [0.1, 0.15) is 40.8 Å². The molecule has 0 saturated carbocycles. The summed E-state index contributed by atoms with van der Waals surface area (Å²) < 4.78 is 4.96. The second-order valence-electron chi connectivity index (χ2n) is 3.66. The summed E-state index contributed by atoms with van der Waals surface area (Å²) >= 11 is 1.16. The van der Waals surface area contributed by atoms with Crippen molar-refractivity contribution in [2.75, 3.05) is 30.7 Å². The molecule has 1 heterocycles. The summed E-state index contributed by atoms with van der Waals surface area (Å²) in [7, 11) is 0. The molecule has 4 N–H and O–H groups in total. The summed E-state index contributed by atoms with van der Waals surface area (Å²) in [5.41, 5.74) is 6.32. The molecule has 0 radical (unpaired) electrons. The Morgan fingerprint density at radius 1 is 1.26 bits per heavy atom. The van der Waals surface area contributed by atoms with E-state index in [1.54, 1.807) is 6.92 Å². The number of carbonyl (C=O) groups excluding carboxylic acids is 2. The van der Waals surface area contributed by atoms with Crippen molar-refractivity contribution >= 4 is 33.9 Å². The van der Waals surface area contributed by atoms with Gasteiger partial charge in [-0.25, -0.2) is 4.79 Å². The van der Waals surface area contributed by atoms with Gasteiger partial charge in [-0.3, -0.25) is 4.79 Å². The molecule has 1 aromatic rings. The predicted octanol–water partition coefficient (Wildman–Crippen LogP) is 1.69. The summed E-state index contributed by atoms with van der Waals surface area (Å²) in [6.07, 6.45) is 0. The smallest absolute Gasteiger partial charge is 0.343 e. The Balaban J connectivity index is 3.19. The quantitative estimate of drug-likeness (QED) is 0.692. The molecule has 0 aliphatic carbocycles. The van der Waals surface area contributed by atoms with Crippen molar-refractivity contribution in [3.63, 3.8) is 0 Å². The molecular formula is C12H19N3O3S. The lowest BCUT2D eigenvalue weighted by atomic mass is 10.2. The van der Waals surface area contributed by atoms with Crippen LogP contribution in [-0.4, -0.2) is 31.6 Å². The molecule has 0 atom stereocenters. The fourth-order valence-electron chi connectivity index (χ4n) is 1.54. The first-order valence-electron chi connectivity index (χ1n) is 6.18. The number of nitrogen functional groups attached to an aromatic ring is 1. The topological polar surface area (TPSA) is 93.5 Å². The number of esters is 1. The highest BCUT2D eigenvalue weighted by Gasteiger charge is 2.25. The molecule has 0 aliphatic heterocycles. The summed E-state index contributed by atoms with van der Waals surface area (Å²) in [4.78, 5) is 24.1. The molecule has 0 bridgehead atoms. The maximum absolute atomic E-state index is 11.9. The number of amides is 1. The highest BCUT2D eigenvalue weighted by molar-refractivity contribution is 7.19. The Morgan fingerprint density at radius 2 is 1.95 bits per heavy atom. The van der Waals surface area contributed by atoms with E-state index in [0.717, 1.165) is 11.3 Å². The van der Waals surface area contributed by atoms with E-state index < -0.39 is 5.97 Å². The van der Waals surface area contributed by atoms with E-state index in [2.05, 4.69) is 10.6 Å².